The smallest absolute Gasteiger partial charge is 0.0994 e. The van der Waals surface area contributed by atoms with E-state index < -0.39 is 0 Å². The number of rotatable bonds is 0. The molecule has 1 aliphatic carbocycles. The molecular weight excluding hydrogens is 231 g/mol. The fourth-order valence-corrected chi connectivity index (χ4v) is 2.29. The molecule has 2 N–H and O–H groups in total. The third-order valence-corrected chi connectivity index (χ3v) is 3.25. The Morgan fingerprint density at radius 3 is 2.80 bits per heavy atom. The van der Waals surface area contributed by atoms with E-state index in [0.29, 0.717) is 21.3 Å². The van der Waals surface area contributed by atoms with Gasteiger partial charge in [-0.2, -0.15) is 5.26 Å². The number of anilines is 1. The number of nitrogen functional groups attached to an aromatic ring is 1. The number of benzene rings is 1. The fourth-order valence-electron chi connectivity index (χ4n) is 1.74. The minimum atomic E-state index is 0.399. The number of nitrogens with zero attached hydrogens (tertiary/aromatic N) is 1. The van der Waals surface area contributed by atoms with Crippen molar-refractivity contribution in [1.29, 1.82) is 5.26 Å². The highest BCUT2D eigenvalue weighted by Crippen LogP contribution is 2.38. The molecule has 1 aliphatic rings. The van der Waals surface area contributed by atoms with Crippen molar-refractivity contribution < 1.29 is 0 Å². The second-order valence-electron chi connectivity index (χ2n) is 3.38. The van der Waals surface area contributed by atoms with Crippen LogP contribution in [0.1, 0.15) is 17.5 Å². The van der Waals surface area contributed by atoms with E-state index in [0.717, 1.165) is 24.0 Å². The molecule has 0 amide bonds. The summed E-state index contributed by atoms with van der Waals surface area (Å²) in [4.78, 5) is 0. The Kier molecular flexibility index (Phi) is 2.60. The molecule has 0 spiro atoms. The van der Waals surface area contributed by atoms with E-state index in [2.05, 4.69) is 6.07 Å². The topological polar surface area (TPSA) is 49.8 Å². The van der Waals surface area contributed by atoms with E-state index in [9.17, 15) is 0 Å². The molecular formula is C11H8Cl2N2. The summed E-state index contributed by atoms with van der Waals surface area (Å²) in [5.41, 5.74) is 8.49. The first kappa shape index (κ1) is 10.4. The zero-order valence-corrected chi connectivity index (χ0v) is 9.36. The van der Waals surface area contributed by atoms with Gasteiger partial charge in [-0.05, 0) is 30.0 Å². The SMILES string of the molecule is N#CC1=CCCc2c1cc(Cl)c(N)c2Cl. The Hall–Kier alpha value is -1.17. The van der Waals surface area contributed by atoms with Crippen LogP contribution in [0.3, 0.4) is 0 Å². The summed E-state index contributed by atoms with van der Waals surface area (Å²) in [6.45, 7) is 0. The van der Waals surface area contributed by atoms with Gasteiger partial charge in [0, 0.05) is 0 Å². The van der Waals surface area contributed by atoms with Crippen molar-refractivity contribution in [3.63, 3.8) is 0 Å². The zero-order valence-electron chi connectivity index (χ0n) is 7.85. The van der Waals surface area contributed by atoms with Crippen LogP contribution >= 0.6 is 23.2 Å². The van der Waals surface area contributed by atoms with Gasteiger partial charge in [-0.1, -0.05) is 29.3 Å². The van der Waals surface area contributed by atoms with Gasteiger partial charge in [0.25, 0.3) is 0 Å². The van der Waals surface area contributed by atoms with Crippen molar-refractivity contribution in [2.75, 3.05) is 5.73 Å². The molecule has 0 saturated carbocycles. The molecule has 0 aromatic heterocycles. The molecule has 1 aromatic rings. The van der Waals surface area contributed by atoms with Crippen LogP contribution in [0.4, 0.5) is 5.69 Å². The molecule has 1 aromatic carbocycles. The Morgan fingerprint density at radius 2 is 2.13 bits per heavy atom. The second-order valence-corrected chi connectivity index (χ2v) is 4.17. The summed E-state index contributed by atoms with van der Waals surface area (Å²) < 4.78 is 0. The lowest BCUT2D eigenvalue weighted by molar-refractivity contribution is 0.981. The van der Waals surface area contributed by atoms with Crippen molar-refractivity contribution in [3.8, 4) is 6.07 Å². The first-order valence-corrected chi connectivity index (χ1v) is 5.27. The van der Waals surface area contributed by atoms with Crippen LogP contribution in [-0.2, 0) is 6.42 Å². The summed E-state index contributed by atoms with van der Waals surface area (Å²) in [6, 6.07) is 3.85. The van der Waals surface area contributed by atoms with E-state index in [1.807, 2.05) is 6.08 Å². The highest BCUT2D eigenvalue weighted by Gasteiger charge is 2.18. The Bertz CT molecular complexity index is 498. The summed E-state index contributed by atoms with van der Waals surface area (Å²) in [5.74, 6) is 0. The van der Waals surface area contributed by atoms with Gasteiger partial charge < -0.3 is 5.73 Å². The van der Waals surface area contributed by atoms with E-state index >= 15 is 0 Å². The maximum atomic E-state index is 8.95. The summed E-state index contributed by atoms with van der Waals surface area (Å²) in [6.07, 6.45) is 3.52. The monoisotopic (exact) mass is 238 g/mol. The number of nitrogens with two attached hydrogens (primary N) is 1. The quantitative estimate of drug-likeness (QED) is 0.705. The number of fused-ring (bicyclic) bond motifs is 1. The largest absolute Gasteiger partial charge is 0.396 e. The van der Waals surface area contributed by atoms with Crippen molar-refractivity contribution in [1.82, 2.24) is 0 Å². The van der Waals surface area contributed by atoms with Crippen molar-refractivity contribution in [3.05, 3.63) is 33.3 Å². The van der Waals surface area contributed by atoms with Crippen molar-refractivity contribution >= 4 is 34.5 Å². The van der Waals surface area contributed by atoms with Crippen LogP contribution < -0.4 is 5.73 Å². The molecule has 0 unspecified atom stereocenters. The van der Waals surface area contributed by atoms with Crippen molar-refractivity contribution in [2.45, 2.75) is 12.8 Å². The molecule has 0 aliphatic heterocycles. The molecule has 4 heteroatoms. The second kappa shape index (κ2) is 3.77. The maximum Gasteiger partial charge on any atom is 0.0994 e. The third-order valence-electron chi connectivity index (χ3n) is 2.51. The van der Waals surface area contributed by atoms with E-state index in [1.54, 1.807) is 6.07 Å². The first-order chi connectivity index (χ1) is 7.15. The van der Waals surface area contributed by atoms with Crippen molar-refractivity contribution in [2.24, 2.45) is 0 Å². The number of nitriles is 1. The number of hydrogen-bond acceptors (Lipinski definition) is 2. The van der Waals surface area contributed by atoms with E-state index in [-0.39, 0.29) is 0 Å². The minimum absolute atomic E-state index is 0.399. The van der Waals surface area contributed by atoms with Crippen LogP contribution in [-0.4, -0.2) is 0 Å². The predicted octanol–water partition coefficient (Wildman–Crippen LogP) is 3.43. The van der Waals surface area contributed by atoms with Gasteiger partial charge in [-0.3, -0.25) is 0 Å². The molecule has 2 nitrogen and oxygen atoms in total. The average Bonchev–Trinajstić information content (AvgIpc) is 2.25. The summed E-state index contributed by atoms with van der Waals surface area (Å²) >= 11 is 12.0. The molecule has 76 valence electrons. The summed E-state index contributed by atoms with van der Waals surface area (Å²) in [5, 5.41) is 9.84. The summed E-state index contributed by atoms with van der Waals surface area (Å²) in [7, 11) is 0. The maximum absolute atomic E-state index is 8.95. The molecule has 0 bridgehead atoms. The van der Waals surface area contributed by atoms with E-state index in [4.69, 9.17) is 34.2 Å². The Morgan fingerprint density at radius 1 is 1.40 bits per heavy atom. The highest BCUT2D eigenvalue weighted by molar-refractivity contribution is 6.39. The van der Waals surface area contributed by atoms with Crippen LogP contribution in [0.15, 0.2) is 12.1 Å². The van der Waals surface area contributed by atoms with Gasteiger partial charge >= 0.3 is 0 Å². The zero-order chi connectivity index (χ0) is 11.0. The number of allylic oxidation sites excluding steroid dienone is 2. The van der Waals surface area contributed by atoms with Crippen LogP contribution in [0.25, 0.3) is 5.57 Å². The van der Waals surface area contributed by atoms with Crippen LogP contribution in [0.2, 0.25) is 10.0 Å². The van der Waals surface area contributed by atoms with Gasteiger partial charge in [0.05, 0.1) is 27.4 Å². The lowest BCUT2D eigenvalue weighted by Crippen LogP contribution is -2.03. The number of halogens is 2. The average molecular weight is 239 g/mol. The first-order valence-electron chi connectivity index (χ1n) is 4.52. The minimum Gasteiger partial charge on any atom is -0.396 e. The van der Waals surface area contributed by atoms with E-state index in [1.165, 1.54) is 0 Å². The fraction of sp³-hybridized carbons (Fsp3) is 0.182. The molecule has 0 atom stereocenters. The lowest BCUT2D eigenvalue weighted by Gasteiger charge is -2.17. The normalized spacial score (nSPS) is 14.1. The standard InChI is InChI=1S/C11H8Cl2N2/c12-9-4-8-6(5-14)2-1-3-7(8)10(13)11(9)15/h2,4H,1,3,15H2. The van der Waals surface area contributed by atoms with Gasteiger partial charge in [0.1, 0.15) is 0 Å². The molecule has 15 heavy (non-hydrogen) atoms. The molecule has 0 fully saturated rings. The lowest BCUT2D eigenvalue weighted by atomic mass is 9.91. The number of hydrogen-bond donors (Lipinski definition) is 1. The highest BCUT2D eigenvalue weighted by atomic mass is 35.5. The van der Waals surface area contributed by atoms with Gasteiger partial charge in [-0.15, -0.1) is 0 Å². The predicted molar refractivity (Wildman–Crippen MR) is 62.8 cm³/mol. The molecule has 2 rings (SSSR count). The molecule has 0 radical (unpaired) electrons. The van der Waals surface area contributed by atoms with Gasteiger partial charge in [0.15, 0.2) is 0 Å². The van der Waals surface area contributed by atoms with Gasteiger partial charge in [-0.25, -0.2) is 0 Å². The van der Waals surface area contributed by atoms with Crippen LogP contribution in [0.5, 0.6) is 0 Å². The molecule has 0 saturated heterocycles. The van der Waals surface area contributed by atoms with Crippen LogP contribution in [0, 0.1) is 11.3 Å². The Balaban J connectivity index is 2.73. The Labute approximate surface area is 97.9 Å². The van der Waals surface area contributed by atoms with Gasteiger partial charge in [0.2, 0.25) is 0 Å². The third kappa shape index (κ3) is 1.58. The molecule has 0 heterocycles.